The van der Waals surface area contributed by atoms with Crippen LogP contribution in [0, 0.1) is 6.92 Å². The van der Waals surface area contributed by atoms with Gasteiger partial charge in [0.2, 0.25) is 5.95 Å². The highest BCUT2D eigenvalue weighted by atomic mass is 16.1. The Bertz CT molecular complexity index is 1040. The quantitative estimate of drug-likeness (QED) is 0.729. The molecule has 0 atom stereocenters. The Morgan fingerprint density at radius 3 is 2.64 bits per heavy atom. The maximum Gasteiger partial charge on any atom is 0.263 e. The van der Waals surface area contributed by atoms with Crippen LogP contribution in [0.2, 0.25) is 0 Å². The van der Waals surface area contributed by atoms with Crippen molar-refractivity contribution in [2.24, 2.45) is 0 Å². The average Bonchev–Trinajstić information content (AvgIpc) is 3.07. The van der Waals surface area contributed by atoms with Crippen LogP contribution in [-0.2, 0) is 5.54 Å². The number of H-pyrrole nitrogens is 1. The first-order chi connectivity index (χ1) is 13.3. The molecule has 3 heterocycles. The van der Waals surface area contributed by atoms with Gasteiger partial charge >= 0.3 is 0 Å². The lowest BCUT2D eigenvalue weighted by atomic mass is 10.0. The van der Waals surface area contributed by atoms with Crippen molar-refractivity contribution in [3.05, 3.63) is 46.4 Å². The van der Waals surface area contributed by atoms with E-state index in [0.717, 1.165) is 25.9 Å². The Kier molecular flexibility index (Phi) is 4.61. The van der Waals surface area contributed by atoms with E-state index >= 15 is 0 Å². The van der Waals surface area contributed by atoms with Crippen molar-refractivity contribution in [2.75, 3.05) is 23.3 Å². The fourth-order valence-corrected chi connectivity index (χ4v) is 3.75. The maximum absolute atomic E-state index is 12.5. The van der Waals surface area contributed by atoms with Gasteiger partial charge in [0, 0.05) is 24.8 Å². The monoisotopic (exact) mass is 380 g/mol. The molecule has 0 spiro atoms. The predicted molar refractivity (Wildman–Crippen MR) is 113 cm³/mol. The van der Waals surface area contributed by atoms with Crippen molar-refractivity contribution in [3.8, 4) is 0 Å². The number of piperidine rings is 1. The highest BCUT2D eigenvalue weighted by Gasteiger charge is 2.24. The fraction of sp³-hybridized carbons (Fsp3) is 0.476. The molecular formula is C21H28N6O. The van der Waals surface area contributed by atoms with Crippen LogP contribution >= 0.6 is 0 Å². The van der Waals surface area contributed by atoms with Crippen molar-refractivity contribution >= 4 is 22.7 Å². The summed E-state index contributed by atoms with van der Waals surface area (Å²) in [5, 5.41) is 8.55. The van der Waals surface area contributed by atoms with Crippen LogP contribution in [-0.4, -0.2) is 38.9 Å². The molecule has 2 aromatic heterocycles. The number of nitrogens with one attached hydrogen (secondary N) is 2. The Labute approximate surface area is 164 Å². The number of fused-ring (bicyclic) bond motifs is 1. The molecular weight excluding hydrogens is 352 g/mol. The van der Waals surface area contributed by atoms with E-state index in [9.17, 15) is 4.79 Å². The van der Waals surface area contributed by atoms with E-state index in [0.29, 0.717) is 23.0 Å². The second-order valence-corrected chi connectivity index (χ2v) is 8.63. The van der Waals surface area contributed by atoms with Crippen molar-refractivity contribution in [3.63, 3.8) is 0 Å². The van der Waals surface area contributed by atoms with Gasteiger partial charge in [-0.3, -0.25) is 9.78 Å². The summed E-state index contributed by atoms with van der Waals surface area (Å²) in [6.45, 7) is 9.98. The molecule has 0 bridgehead atoms. The highest BCUT2D eigenvalue weighted by Crippen LogP contribution is 2.23. The Morgan fingerprint density at radius 2 is 1.96 bits per heavy atom. The van der Waals surface area contributed by atoms with E-state index in [1.54, 1.807) is 6.20 Å². The van der Waals surface area contributed by atoms with Crippen molar-refractivity contribution in [2.45, 2.75) is 52.1 Å². The van der Waals surface area contributed by atoms with Gasteiger partial charge in [0.15, 0.2) is 5.65 Å². The molecule has 3 aromatic rings. The van der Waals surface area contributed by atoms with Gasteiger partial charge in [0.25, 0.3) is 5.56 Å². The molecule has 0 saturated carbocycles. The third-order valence-corrected chi connectivity index (χ3v) is 5.24. The molecule has 2 N–H and O–H groups in total. The van der Waals surface area contributed by atoms with Crippen LogP contribution < -0.4 is 15.8 Å². The minimum absolute atomic E-state index is 0.129. The first kappa shape index (κ1) is 18.5. The molecule has 4 rings (SSSR count). The second-order valence-electron chi connectivity index (χ2n) is 8.63. The third kappa shape index (κ3) is 3.61. The van der Waals surface area contributed by atoms with Crippen LogP contribution in [0.1, 0.15) is 39.2 Å². The van der Waals surface area contributed by atoms with Gasteiger partial charge in [0.1, 0.15) is 5.39 Å². The lowest BCUT2D eigenvalue weighted by Gasteiger charge is -2.33. The van der Waals surface area contributed by atoms with Crippen molar-refractivity contribution < 1.29 is 0 Å². The summed E-state index contributed by atoms with van der Waals surface area (Å²) in [5.41, 5.74) is 2.71. The zero-order chi connectivity index (χ0) is 19.9. The SMILES string of the molecule is Cc1cccc(NC2CCN(c3nc4c(cnn4C(C)(C)C)c(=O)[nH]3)CC2)c1. The van der Waals surface area contributed by atoms with Crippen LogP contribution in [0.4, 0.5) is 11.6 Å². The highest BCUT2D eigenvalue weighted by molar-refractivity contribution is 5.74. The summed E-state index contributed by atoms with van der Waals surface area (Å²) < 4.78 is 1.83. The third-order valence-electron chi connectivity index (χ3n) is 5.24. The number of hydrogen-bond acceptors (Lipinski definition) is 5. The average molecular weight is 380 g/mol. The van der Waals surface area contributed by atoms with E-state index < -0.39 is 0 Å². The Balaban J connectivity index is 1.51. The number of aromatic amines is 1. The van der Waals surface area contributed by atoms with Gasteiger partial charge in [-0.25, -0.2) is 4.68 Å². The standard InChI is InChI=1S/C21H28N6O/c1-14-6-5-7-16(12-14)23-15-8-10-26(11-9-15)20-24-18-17(19(28)25-20)13-22-27(18)21(2,3)4/h5-7,12-13,15,23H,8-11H2,1-4H3,(H,24,25,28). The normalized spacial score (nSPS) is 15.9. The minimum atomic E-state index is -0.232. The molecule has 0 unspecified atom stereocenters. The molecule has 1 saturated heterocycles. The van der Waals surface area contributed by atoms with Crippen molar-refractivity contribution in [1.29, 1.82) is 0 Å². The van der Waals surface area contributed by atoms with Gasteiger partial charge in [-0.15, -0.1) is 0 Å². The van der Waals surface area contributed by atoms with Crippen molar-refractivity contribution in [1.82, 2.24) is 19.7 Å². The molecule has 1 fully saturated rings. The van der Waals surface area contributed by atoms with Crippen LogP contribution in [0.25, 0.3) is 11.0 Å². The number of aromatic nitrogens is 4. The molecule has 7 heteroatoms. The second kappa shape index (κ2) is 6.96. The number of benzene rings is 1. The summed E-state index contributed by atoms with van der Waals surface area (Å²) in [6, 6.07) is 8.89. The van der Waals surface area contributed by atoms with Crippen LogP contribution in [0.5, 0.6) is 0 Å². The van der Waals surface area contributed by atoms with Gasteiger partial charge in [-0.2, -0.15) is 10.1 Å². The van der Waals surface area contributed by atoms with E-state index in [1.165, 1.54) is 11.3 Å². The lowest BCUT2D eigenvalue weighted by Crippen LogP contribution is -2.40. The smallest absolute Gasteiger partial charge is 0.263 e. The summed E-state index contributed by atoms with van der Waals surface area (Å²) in [6.07, 6.45) is 3.59. The maximum atomic E-state index is 12.5. The lowest BCUT2D eigenvalue weighted by molar-refractivity contribution is 0.366. The van der Waals surface area contributed by atoms with Crippen LogP contribution in [0.15, 0.2) is 35.3 Å². The van der Waals surface area contributed by atoms with Gasteiger partial charge in [0.05, 0.1) is 11.7 Å². The number of aryl methyl sites for hydroxylation is 1. The molecule has 1 aliphatic rings. The Hall–Kier alpha value is -2.83. The molecule has 148 valence electrons. The van der Waals surface area contributed by atoms with E-state index in [-0.39, 0.29) is 11.1 Å². The summed E-state index contributed by atoms with van der Waals surface area (Å²) in [5.74, 6) is 0.637. The molecule has 0 aliphatic carbocycles. The first-order valence-corrected chi connectivity index (χ1v) is 9.88. The molecule has 28 heavy (non-hydrogen) atoms. The summed E-state index contributed by atoms with van der Waals surface area (Å²) in [4.78, 5) is 22.4. The van der Waals surface area contributed by atoms with Crippen LogP contribution in [0.3, 0.4) is 0 Å². The topological polar surface area (TPSA) is 78.8 Å². The molecule has 0 radical (unpaired) electrons. The van der Waals surface area contributed by atoms with E-state index in [1.807, 2.05) is 4.68 Å². The zero-order valence-electron chi connectivity index (χ0n) is 17.0. The first-order valence-electron chi connectivity index (χ1n) is 9.88. The molecule has 1 aromatic carbocycles. The van der Waals surface area contributed by atoms with Gasteiger partial charge in [-0.05, 0) is 58.2 Å². The minimum Gasteiger partial charge on any atom is -0.382 e. The molecule has 1 aliphatic heterocycles. The largest absolute Gasteiger partial charge is 0.382 e. The summed E-state index contributed by atoms with van der Waals surface area (Å²) >= 11 is 0. The predicted octanol–water partition coefficient (Wildman–Crippen LogP) is 3.26. The number of hydrogen-bond donors (Lipinski definition) is 2. The fourth-order valence-electron chi connectivity index (χ4n) is 3.75. The van der Waals surface area contributed by atoms with Gasteiger partial charge < -0.3 is 10.2 Å². The number of rotatable bonds is 3. The number of anilines is 2. The Morgan fingerprint density at radius 1 is 1.21 bits per heavy atom. The van der Waals surface area contributed by atoms with Gasteiger partial charge in [-0.1, -0.05) is 12.1 Å². The molecule has 0 amide bonds. The van der Waals surface area contributed by atoms with E-state index in [2.05, 4.69) is 72.3 Å². The van der Waals surface area contributed by atoms with E-state index in [4.69, 9.17) is 4.98 Å². The molecule has 7 nitrogen and oxygen atoms in total. The zero-order valence-corrected chi connectivity index (χ0v) is 17.0. The summed E-state index contributed by atoms with van der Waals surface area (Å²) in [7, 11) is 0. The number of nitrogens with zero attached hydrogens (tertiary/aromatic N) is 4.